The highest BCUT2D eigenvalue weighted by Gasteiger charge is 2.10. The van der Waals surface area contributed by atoms with Crippen molar-refractivity contribution in [3.63, 3.8) is 0 Å². The molecule has 0 rings (SSSR count). The average molecular weight is 436 g/mol. The maximum absolute atomic E-state index is 12.1. The van der Waals surface area contributed by atoms with Crippen molar-refractivity contribution in [3.8, 4) is 0 Å². The number of allylic oxidation sites excluding steroid dienone is 1. The number of rotatable bonds is 24. The van der Waals surface area contributed by atoms with Crippen molar-refractivity contribution in [2.75, 3.05) is 0 Å². The van der Waals surface area contributed by atoms with E-state index in [9.17, 15) is 9.59 Å². The van der Waals surface area contributed by atoms with Gasteiger partial charge < -0.3 is 5.73 Å². The summed E-state index contributed by atoms with van der Waals surface area (Å²) in [7, 11) is 0. The Morgan fingerprint density at radius 1 is 0.581 bits per heavy atom. The summed E-state index contributed by atoms with van der Waals surface area (Å²) in [5.41, 5.74) is 5.99. The van der Waals surface area contributed by atoms with E-state index in [1.807, 2.05) is 0 Å². The van der Waals surface area contributed by atoms with Crippen molar-refractivity contribution in [1.29, 1.82) is 0 Å². The fourth-order valence-corrected chi connectivity index (χ4v) is 3.99. The summed E-state index contributed by atoms with van der Waals surface area (Å²) in [4.78, 5) is 24.0. The van der Waals surface area contributed by atoms with Gasteiger partial charge in [0.15, 0.2) is 11.6 Å². The second-order valence-corrected chi connectivity index (χ2v) is 9.36. The van der Waals surface area contributed by atoms with E-state index in [1.54, 1.807) is 0 Å². The van der Waals surface area contributed by atoms with E-state index in [1.165, 1.54) is 108 Å². The minimum Gasteiger partial charge on any atom is -0.321 e. The van der Waals surface area contributed by atoms with Gasteiger partial charge in [0, 0.05) is 6.42 Å². The quantitative estimate of drug-likeness (QED) is 0.123. The Bertz CT molecular complexity index is 444. The molecule has 31 heavy (non-hydrogen) atoms. The number of hydrogen-bond donors (Lipinski definition) is 1. The summed E-state index contributed by atoms with van der Waals surface area (Å²) in [6, 6.07) is -0.453. The molecule has 0 spiro atoms. The van der Waals surface area contributed by atoms with Crippen LogP contribution in [0.5, 0.6) is 0 Å². The Labute approximate surface area is 194 Å². The molecule has 0 saturated carbocycles. The highest BCUT2D eigenvalue weighted by Crippen LogP contribution is 2.13. The van der Waals surface area contributed by atoms with E-state index in [-0.39, 0.29) is 11.6 Å². The molecule has 0 fully saturated rings. The van der Waals surface area contributed by atoms with Crippen LogP contribution in [-0.4, -0.2) is 17.6 Å². The Hall–Kier alpha value is -0.960. The molecule has 0 aromatic carbocycles. The minimum absolute atomic E-state index is 0.0585. The third-order valence-electron chi connectivity index (χ3n) is 6.19. The van der Waals surface area contributed by atoms with Crippen molar-refractivity contribution < 1.29 is 9.59 Å². The molecule has 0 aliphatic rings. The molecule has 3 nitrogen and oxygen atoms in total. The van der Waals surface area contributed by atoms with Crippen molar-refractivity contribution in [2.24, 2.45) is 5.73 Å². The number of hydrogen-bond acceptors (Lipinski definition) is 3. The fraction of sp³-hybridized carbons (Fsp3) is 0.857. The van der Waals surface area contributed by atoms with Gasteiger partial charge in [0.2, 0.25) is 0 Å². The summed E-state index contributed by atoms with van der Waals surface area (Å²) in [6.45, 7) is 4.49. The lowest BCUT2D eigenvalue weighted by molar-refractivity contribution is -0.117. The monoisotopic (exact) mass is 435 g/mol. The standard InChI is InChI=1S/C28H53NO2/c1-3-5-7-9-11-13-15-16-18-20-22-26(30)24-25-28(31)27(29)23-21-19-17-14-12-10-8-6-4-2/h24-25,27H,3-23,29H2,1-2H3/b25-24-. The van der Waals surface area contributed by atoms with Crippen LogP contribution < -0.4 is 5.73 Å². The molecule has 0 aliphatic carbocycles. The van der Waals surface area contributed by atoms with Crippen molar-refractivity contribution in [1.82, 2.24) is 0 Å². The topological polar surface area (TPSA) is 60.2 Å². The van der Waals surface area contributed by atoms with Gasteiger partial charge in [-0.1, -0.05) is 129 Å². The number of ketones is 2. The van der Waals surface area contributed by atoms with E-state index in [0.29, 0.717) is 6.42 Å². The highest BCUT2D eigenvalue weighted by atomic mass is 16.1. The SMILES string of the molecule is CCCCCCCCCCCCC(=O)/C=C\C(=O)C(N)CCCCCCCCCCC. The lowest BCUT2D eigenvalue weighted by Crippen LogP contribution is -2.28. The van der Waals surface area contributed by atoms with E-state index >= 15 is 0 Å². The van der Waals surface area contributed by atoms with Crippen LogP contribution in [0.3, 0.4) is 0 Å². The van der Waals surface area contributed by atoms with E-state index in [0.717, 1.165) is 32.1 Å². The molecule has 0 heterocycles. The molecule has 0 bridgehead atoms. The van der Waals surface area contributed by atoms with Crippen molar-refractivity contribution in [3.05, 3.63) is 12.2 Å². The van der Waals surface area contributed by atoms with Gasteiger partial charge in [-0.05, 0) is 25.0 Å². The average Bonchev–Trinajstić information content (AvgIpc) is 2.77. The third-order valence-corrected chi connectivity index (χ3v) is 6.19. The predicted molar refractivity (Wildman–Crippen MR) is 135 cm³/mol. The molecule has 0 radical (unpaired) electrons. The summed E-state index contributed by atoms with van der Waals surface area (Å²) >= 11 is 0. The van der Waals surface area contributed by atoms with Crippen LogP contribution in [0.15, 0.2) is 12.2 Å². The van der Waals surface area contributed by atoms with Crippen LogP contribution in [-0.2, 0) is 9.59 Å². The Balaban J connectivity index is 3.58. The highest BCUT2D eigenvalue weighted by molar-refractivity contribution is 6.00. The van der Waals surface area contributed by atoms with Gasteiger partial charge in [-0.15, -0.1) is 0 Å². The third kappa shape index (κ3) is 22.0. The second-order valence-electron chi connectivity index (χ2n) is 9.36. The van der Waals surface area contributed by atoms with Gasteiger partial charge in [0.25, 0.3) is 0 Å². The first-order valence-corrected chi connectivity index (χ1v) is 13.6. The molecule has 1 atom stereocenters. The Kier molecular flexibility index (Phi) is 23.0. The summed E-state index contributed by atoms with van der Waals surface area (Å²) in [5.74, 6) is -0.0424. The number of unbranched alkanes of at least 4 members (excludes halogenated alkanes) is 17. The van der Waals surface area contributed by atoms with Gasteiger partial charge in [0.05, 0.1) is 6.04 Å². The minimum atomic E-state index is -0.453. The first-order chi connectivity index (χ1) is 15.1. The van der Waals surface area contributed by atoms with Crippen molar-refractivity contribution in [2.45, 2.75) is 155 Å². The molecule has 1 unspecified atom stereocenters. The molecule has 0 aliphatic heterocycles. The largest absolute Gasteiger partial charge is 0.321 e. The molecule has 0 saturated heterocycles. The zero-order valence-corrected chi connectivity index (χ0v) is 21.0. The maximum atomic E-state index is 12.1. The lowest BCUT2D eigenvalue weighted by atomic mass is 10.0. The van der Waals surface area contributed by atoms with Crippen LogP contribution in [0.2, 0.25) is 0 Å². The Morgan fingerprint density at radius 2 is 0.968 bits per heavy atom. The van der Waals surface area contributed by atoms with E-state index < -0.39 is 6.04 Å². The zero-order chi connectivity index (χ0) is 23.0. The van der Waals surface area contributed by atoms with Gasteiger partial charge in [0.1, 0.15) is 0 Å². The van der Waals surface area contributed by atoms with Crippen LogP contribution in [0, 0.1) is 0 Å². The first kappa shape index (κ1) is 30.0. The zero-order valence-electron chi connectivity index (χ0n) is 21.0. The second kappa shape index (κ2) is 23.7. The molecule has 0 aromatic rings. The molecular weight excluding hydrogens is 382 g/mol. The molecule has 3 heteroatoms. The smallest absolute Gasteiger partial charge is 0.172 e. The summed E-state index contributed by atoms with van der Waals surface area (Å²) in [6.07, 6.45) is 28.1. The first-order valence-electron chi connectivity index (χ1n) is 13.6. The van der Waals surface area contributed by atoms with Gasteiger partial charge >= 0.3 is 0 Å². The number of carbonyl (C=O) groups is 2. The molecule has 0 amide bonds. The van der Waals surface area contributed by atoms with Crippen molar-refractivity contribution >= 4 is 11.6 Å². The van der Waals surface area contributed by atoms with Gasteiger partial charge in [-0.3, -0.25) is 9.59 Å². The lowest BCUT2D eigenvalue weighted by Gasteiger charge is -2.07. The van der Waals surface area contributed by atoms with E-state index in [4.69, 9.17) is 5.73 Å². The molecule has 0 aromatic heterocycles. The Morgan fingerprint density at radius 3 is 1.42 bits per heavy atom. The molecule has 182 valence electrons. The number of nitrogens with two attached hydrogens (primary N) is 1. The van der Waals surface area contributed by atoms with Gasteiger partial charge in [-0.2, -0.15) is 0 Å². The van der Waals surface area contributed by atoms with Gasteiger partial charge in [-0.25, -0.2) is 0 Å². The van der Waals surface area contributed by atoms with Crippen LogP contribution in [0.25, 0.3) is 0 Å². The number of carbonyl (C=O) groups excluding carboxylic acids is 2. The molecule has 2 N–H and O–H groups in total. The van der Waals surface area contributed by atoms with Crippen LogP contribution >= 0.6 is 0 Å². The predicted octanol–water partition coefficient (Wildman–Crippen LogP) is 8.24. The van der Waals surface area contributed by atoms with E-state index in [2.05, 4.69) is 13.8 Å². The maximum Gasteiger partial charge on any atom is 0.172 e. The molecular formula is C28H53NO2. The van der Waals surface area contributed by atoms with Crippen LogP contribution in [0.4, 0.5) is 0 Å². The normalized spacial score (nSPS) is 12.5. The fourth-order valence-electron chi connectivity index (χ4n) is 3.99. The summed E-state index contributed by atoms with van der Waals surface area (Å²) < 4.78 is 0. The van der Waals surface area contributed by atoms with Crippen LogP contribution in [0.1, 0.15) is 149 Å². The summed E-state index contributed by atoms with van der Waals surface area (Å²) in [5, 5.41) is 0.